The van der Waals surface area contributed by atoms with Crippen molar-refractivity contribution >= 4 is 11.7 Å². The first-order chi connectivity index (χ1) is 8.61. The lowest BCUT2D eigenvalue weighted by Gasteiger charge is -2.21. The van der Waals surface area contributed by atoms with Crippen LogP contribution in [-0.4, -0.2) is 24.2 Å². The summed E-state index contributed by atoms with van der Waals surface area (Å²) in [6, 6.07) is 5.59. The van der Waals surface area contributed by atoms with Crippen molar-refractivity contribution in [2.75, 3.05) is 18.0 Å². The molecule has 1 saturated heterocycles. The van der Waals surface area contributed by atoms with E-state index in [-0.39, 0.29) is 0 Å². The lowest BCUT2D eigenvalue weighted by molar-refractivity contribution is 0.0697. The maximum absolute atomic E-state index is 11.3. The van der Waals surface area contributed by atoms with Gasteiger partial charge in [0.2, 0.25) is 0 Å². The highest BCUT2D eigenvalue weighted by molar-refractivity contribution is 5.94. The topological polar surface area (TPSA) is 40.5 Å². The lowest BCUT2D eigenvalue weighted by atomic mass is 10.0. The second-order valence-corrected chi connectivity index (χ2v) is 5.22. The minimum Gasteiger partial charge on any atom is -0.478 e. The fourth-order valence-electron chi connectivity index (χ4n) is 2.78. The number of aryl methyl sites for hydroxylation is 1. The minimum atomic E-state index is -0.830. The largest absolute Gasteiger partial charge is 0.478 e. The molecule has 98 valence electrons. The van der Waals surface area contributed by atoms with Crippen LogP contribution in [0.1, 0.15) is 42.1 Å². The van der Waals surface area contributed by atoms with E-state index in [1.54, 1.807) is 6.07 Å². The van der Waals surface area contributed by atoms with Crippen LogP contribution in [0.5, 0.6) is 0 Å². The number of benzene rings is 1. The number of anilines is 1. The van der Waals surface area contributed by atoms with E-state index in [9.17, 15) is 9.90 Å². The first kappa shape index (κ1) is 12.9. The van der Waals surface area contributed by atoms with Gasteiger partial charge in [-0.2, -0.15) is 0 Å². The Morgan fingerprint density at radius 3 is 2.94 bits per heavy atom. The number of carbonyl (C=O) groups is 1. The quantitative estimate of drug-likeness (QED) is 0.887. The molecule has 1 aliphatic heterocycles. The number of rotatable bonds is 4. The molecular formula is C15H21NO2. The fraction of sp³-hybridized carbons (Fsp3) is 0.533. The third kappa shape index (κ3) is 2.66. The van der Waals surface area contributed by atoms with Crippen molar-refractivity contribution in [1.29, 1.82) is 0 Å². The summed E-state index contributed by atoms with van der Waals surface area (Å²) < 4.78 is 0. The third-order valence-electron chi connectivity index (χ3n) is 3.71. The predicted octanol–water partition coefficient (Wildman–Crippen LogP) is 3.32. The Kier molecular flexibility index (Phi) is 3.90. The van der Waals surface area contributed by atoms with Gasteiger partial charge in [0.25, 0.3) is 0 Å². The molecule has 0 amide bonds. The van der Waals surface area contributed by atoms with Gasteiger partial charge in [-0.3, -0.25) is 0 Å². The molecule has 1 aromatic rings. The van der Waals surface area contributed by atoms with Gasteiger partial charge in [-0.1, -0.05) is 19.4 Å². The number of carboxylic acids is 1. The van der Waals surface area contributed by atoms with Crippen LogP contribution in [-0.2, 0) is 0 Å². The van der Waals surface area contributed by atoms with E-state index in [1.807, 2.05) is 19.1 Å². The van der Waals surface area contributed by atoms with Crippen molar-refractivity contribution in [1.82, 2.24) is 0 Å². The van der Waals surface area contributed by atoms with Gasteiger partial charge >= 0.3 is 5.97 Å². The highest BCUT2D eigenvalue weighted by atomic mass is 16.4. The van der Waals surface area contributed by atoms with Crippen LogP contribution in [0.25, 0.3) is 0 Å². The molecule has 0 spiro atoms. The molecule has 0 aromatic heterocycles. The lowest BCUT2D eigenvalue weighted by Crippen LogP contribution is -2.22. The summed E-state index contributed by atoms with van der Waals surface area (Å²) in [4.78, 5) is 13.5. The first-order valence-electron chi connectivity index (χ1n) is 6.70. The van der Waals surface area contributed by atoms with Gasteiger partial charge in [-0.05, 0) is 43.4 Å². The fourth-order valence-corrected chi connectivity index (χ4v) is 2.78. The Hall–Kier alpha value is -1.51. The highest BCUT2D eigenvalue weighted by Gasteiger charge is 2.25. The Balaban J connectivity index is 2.23. The molecule has 1 atom stereocenters. The minimum absolute atomic E-state index is 0.428. The smallest absolute Gasteiger partial charge is 0.337 e. The van der Waals surface area contributed by atoms with Crippen molar-refractivity contribution in [3.63, 3.8) is 0 Å². The van der Waals surface area contributed by atoms with E-state index >= 15 is 0 Å². The van der Waals surface area contributed by atoms with Crippen molar-refractivity contribution in [3.8, 4) is 0 Å². The summed E-state index contributed by atoms with van der Waals surface area (Å²) in [5.74, 6) is -0.110. The van der Waals surface area contributed by atoms with Gasteiger partial charge < -0.3 is 10.0 Å². The Morgan fingerprint density at radius 2 is 2.28 bits per heavy atom. The number of hydrogen-bond donors (Lipinski definition) is 1. The van der Waals surface area contributed by atoms with Crippen LogP contribution in [0.4, 0.5) is 5.69 Å². The number of carboxylic acid groups (broad SMARTS) is 1. The van der Waals surface area contributed by atoms with Gasteiger partial charge in [-0.15, -0.1) is 0 Å². The van der Waals surface area contributed by atoms with E-state index in [0.29, 0.717) is 5.56 Å². The molecule has 2 rings (SSSR count). The van der Waals surface area contributed by atoms with Gasteiger partial charge in [-0.25, -0.2) is 4.79 Å². The van der Waals surface area contributed by atoms with Crippen molar-refractivity contribution in [3.05, 3.63) is 29.3 Å². The van der Waals surface area contributed by atoms with Gasteiger partial charge in [0.1, 0.15) is 0 Å². The molecule has 1 fully saturated rings. The van der Waals surface area contributed by atoms with Gasteiger partial charge in [0.05, 0.1) is 11.3 Å². The van der Waals surface area contributed by atoms with Crippen LogP contribution in [0.15, 0.2) is 18.2 Å². The Bertz CT molecular complexity index is 442. The molecule has 1 unspecified atom stereocenters. The monoisotopic (exact) mass is 247 g/mol. The van der Waals surface area contributed by atoms with E-state index in [4.69, 9.17) is 0 Å². The Labute approximate surface area is 108 Å². The maximum atomic E-state index is 11.3. The maximum Gasteiger partial charge on any atom is 0.337 e. The van der Waals surface area contributed by atoms with Crippen molar-refractivity contribution < 1.29 is 9.90 Å². The zero-order chi connectivity index (χ0) is 13.1. The summed E-state index contributed by atoms with van der Waals surface area (Å²) in [5.41, 5.74) is 2.44. The van der Waals surface area contributed by atoms with E-state index < -0.39 is 5.97 Å². The second-order valence-electron chi connectivity index (χ2n) is 5.22. The van der Waals surface area contributed by atoms with Crippen LogP contribution in [0.3, 0.4) is 0 Å². The third-order valence-corrected chi connectivity index (χ3v) is 3.71. The van der Waals surface area contributed by atoms with Crippen LogP contribution in [0.2, 0.25) is 0 Å². The molecular weight excluding hydrogens is 226 g/mol. The number of hydrogen-bond acceptors (Lipinski definition) is 2. The second kappa shape index (κ2) is 5.42. The summed E-state index contributed by atoms with van der Waals surface area (Å²) >= 11 is 0. The number of nitrogens with zero attached hydrogens (tertiary/aromatic N) is 1. The standard InChI is InChI=1S/C15H21NO2/c1-3-4-12-7-8-16(10-12)14-9-11(2)5-6-13(14)15(17)18/h5-6,9,12H,3-4,7-8,10H2,1-2H3,(H,17,18). The first-order valence-corrected chi connectivity index (χ1v) is 6.70. The summed E-state index contributed by atoms with van der Waals surface area (Å²) in [5, 5.41) is 9.26. The van der Waals surface area contributed by atoms with Crippen LogP contribution < -0.4 is 4.90 Å². The molecule has 0 saturated carbocycles. The Morgan fingerprint density at radius 1 is 1.50 bits per heavy atom. The van der Waals surface area contributed by atoms with Crippen molar-refractivity contribution in [2.45, 2.75) is 33.1 Å². The molecule has 1 N–H and O–H groups in total. The molecule has 1 aromatic carbocycles. The van der Waals surface area contributed by atoms with Gasteiger partial charge in [0.15, 0.2) is 0 Å². The van der Waals surface area contributed by atoms with E-state index in [1.165, 1.54) is 19.3 Å². The SMILES string of the molecule is CCCC1CCN(c2cc(C)ccc2C(=O)O)C1. The molecule has 3 nitrogen and oxygen atoms in total. The number of aromatic carboxylic acids is 1. The predicted molar refractivity (Wildman–Crippen MR) is 73.4 cm³/mol. The highest BCUT2D eigenvalue weighted by Crippen LogP contribution is 2.29. The van der Waals surface area contributed by atoms with Crippen LogP contribution >= 0.6 is 0 Å². The normalized spacial score (nSPS) is 19.2. The molecule has 18 heavy (non-hydrogen) atoms. The summed E-state index contributed by atoms with van der Waals surface area (Å²) in [6.45, 7) is 6.19. The molecule has 1 aliphatic rings. The van der Waals surface area contributed by atoms with E-state index in [2.05, 4.69) is 11.8 Å². The molecule has 3 heteroatoms. The molecule has 0 bridgehead atoms. The molecule has 1 heterocycles. The molecule has 0 aliphatic carbocycles. The zero-order valence-corrected chi connectivity index (χ0v) is 11.1. The molecule has 0 radical (unpaired) electrons. The zero-order valence-electron chi connectivity index (χ0n) is 11.1. The summed E-state index contributed by atoms with van der Waals surface area (Å²) in [7, 11) is 0. The van der Waals surface area contributed by atoms with Gasteiger partial charge in [0, 0.05) is 13.1 Å². The van der Waals surface area contributed by atoms with Crippen molar-refractivity contribution in [2.24, 2.45) is 5.92 Å². The van der Waals surface area contributed by atoms with E-state index in [0.717, 1.165) is 30.3 Å². The average molecular weight is 247 g/mol. The average Bonchev–Trinajstić information content (AvgIpc) is 2.77. The van der Waals surface area contributed by atoms with Crippen LogP contribution in [0, 0.1) is 12.8 Å². The summed E-state index contributed by atoms with van der Waals surface area (Å²) in [6.07, 6.45) is 3.63.